The van der Waals surface area contributed by atoms with E-state index in [1.807, 2.05) is 22.9 Å². The molecule has 62 valence electrons. The van der Waals surface area contributed by atoms with Crippen molar-refractivity contribution < 1.29 is 0 Å². The molecule has 0 aliphatic heterocycles. The number of rotatable bonds is 1. The van der Waals surface area contributed by atoms with Gasteiger partial charge in [0.1, 0.15) is 6.07 Å². The second kappa shape index (κ2) is 3.38. The summed E-state index contributed by atoms with van der Waals surface area (Å²) in [5.74, 6) is 0. The van der Waals surface area contributed by atoms with Crippen molar-refractivity contribution in [2.45, 2.75) is 0 Å². The molecule has 0 amide bonds. The summed E-state index contributed by atoms with van der Waals surface area (Å²) in [7, 11) is 0. The summed E-state index contributed by atoms with van der Waals surface area (Å²) in [6.45, 7) is 0. The van der Waals surface area contributed by atoms with Crippen molar-refractivity contribution in [2.24, 2.45) is 0 Å². The zero-order chi connectivity index (χ0) is 9.10. The first-order valence-corrected chi connectivity index (χ1v) is 4.73. The van der Waals surface area contributed by atoms with E-state index in [1.54, 1.807) is 23.7 Å². The Morgan fingerprint density at radius 2 is 2.31 bits per heavy atom. The minimum absolute atomic E-state index is 0.626. The Hall–Kier alpha value is -1.66. The van der Waals surface area contributed by atoms with Gasteiger partial charge in [-0.1, -0.05) is 0 Å². The number of nitriles is 1. The first-order valence-electron chi connectivity index (χ1n) is 3.78. The molecular formula is C10H6N2S. The highest BCUT2D eigenvalue weighted by atomic mass is 32.1. The number of aromatic nitrogens is 1. The minimum atomic E-state index is 0.626. The van der Waals surface area contributed by atoms with Crippen LogP contribution in [0.4, 0.5) is 0 Å². The van der Waals surface area contributed by atoms with E-state index in [9.17, 15) is 0 Å². The Labute approximate surface area is 80.1 Å². The standard InChI is InChI=1S/C10H6N2S/c11-5-9-6-12-3-1-10(9)8-2-4-13-7-8/h1-4,6-7H. The van der Waals surface area contributed by atoms with Gasteiger partial charge in [0.2, 0.25) is 0 Å². The third-order valence-corrected chi connectivity index (χ3v) is 2.46. The Bertz CT molecular complexity index is 440. The zero-order valence-corrected chi connectivity index (χ0v) is 7.58. The maximum atomic E-state index is 8.83. The van der Waals surface area contributed by atoms with E-state index in [-0.39, 0.29) is 0 Å². The fourth-order valence-corrected chi connectivity index (χ4v) is 1.81. The van der Waals surface area contributed by atoms with Crippen molar-refractivity contribution >= 4 is 11.3 Å². The molecule has 2 rings (SSSR count). The minimum Gasteiger partial charge on any atom is -0.263 e. The van der Waals surface area contributed by atoms with Gasteiger partial charge >= 0.3 is 0 Å². The third kappa shape index (κ3) is 1.44. The molecule has 2 heterocycles. The van der Waals surface area contributed by atoms with Gasteiger partial charge in [-0.05, 0) is 28.5 Å². The van der Waals surface area contributed by atoms with Gasteiger partial charge in [-0.25, -0.2) is 0 Å². The maximum Gasteiger partial charge on any atom is 0.101 e. The molecule has 0 saturated carbocycles. The Kier molecular flexibility index (Phi) is 2.07. The highest BCUT2D eigenvalue weighted by molar-refractivity contribution is 7.08. The fraction of sp³-hybridized carbons (Fsp3) is 0. The van der Waals surface area contributed by atoms with Gasteiger partial charge in [-0.3, -0.25) is 4.98 Å². The molecule has 0 aliphatic rings. The summed E-state index contributed by atoms with van der Waals surface area (Å²) >= 11 is 1.62. The first-order chi connectivity index (χ1) is 6.42. The normalized spacial score (nSPS) is 9.46. The predicted molar refractivity (Wildman–Crippen MR) is 52.3 cm³/mol. The van der Waals surface area contributed by atoms with Crippen LogP contribution in [0.5, 0.6) is 0 Å². The van der Waals surface area contributed by atoms with Crippen LogP contribution in [-0.4, -0.2) is 4.98 Å². The van der Waals surface area contributed by atoms with E-state index < -0.39 is 0 Å². The summed E-state index contributed by atoms with van der Waals surface area (Å²) in [6, 6.07) is 5.99. The van der Waals surface area contributed by atoms with E-state index in [2.05, 4.69) is 11.1 Å². The fourth-order valence-electron chi connectivity index (χ4n) is 1.15. The molecule has 0 aromatic carbocycles. The van der Waals surface area contributed by atoms with Crippen molar-refractivity contribution in [1.82, 2.24) is 4.98 Å². The molecule has 0 atom stereocenters. The van der Waals surface area contributed by atoms with Crippen LogP contribution in [-0.2, 0) is 0 Å². The van der Waals surface area contributed by atoms with Crippen LogP contribution in [0.15, 0.2) is 35.3 Å². The number of hydrogen-bond acceptors (Lipinski definition) is 3. The number of hydrogen-bond donors (Lipinski definition) is 0. The van der Waals surface area contributed by atoms with Crippen LogP contribution in [0.25, 0.3) is 11.1 Å². The maximum absolute atomic E-state index is 8.83. The zero-order valence-electron chi connectivity index (χ0n) is 6.77. The Morgan fingerprint density at radius 3 is 3.00 bits per heavy atom. The summed E-state index contributed by atoms with van der Waals surface area (Å²) in [5, 5.41) is 12.9. The number of nitrogens with zero attached hydrogens (tertiary/aromatic N) is 2. The van der Waals surface area contributed by atoms with Gasteiger partial charge in [-0.2, -0.15) is 16.6 Å². The molecule has 3 heteroatoms. The first kappa shape index (κ1) is 7.96. The second-order valence-corrected chi connectivity index (χ2v) is 3.33. The molecule has 0 N–H and O–H groups in total. The van der Waals surface area contributed by atoms with E-state index in [0.717, 1.165) is 11.1 Å². The summed E-state index contributed by atoms with van der Waals surface area (Å²) in [6.07, 6.45) is 3.29. The van der Waals surface area contributed by atoms with E-state index >= 15 is 0 Å². The lowest BCUT2D eigenvalue weighted by molar-refractivity contribution is 1.30. The highest BCUT2D eigenvalue weighted by Gasteiger charge is 2.03. The average molecular weight is 186 g/mol. The van der Waals surface area contributed by atoms with Gasteiger partial charge < -0.3 is 0 Å². The highest BCUT2D eigenvalue weighted by Crippen LogP contribution is 2.24. The third-order valence-electron chi connectivity index (χ3n) is 1.77. The topological polar surface area (TPSA) is 36.7 Å². The summed E-state index contributed by atoms with van der Waals surface area (Å²) < 4.78 is 0. The van der Waals surface area contributed by atoms with Gasteiger partial charge in [-0.15, -0.1) is 0 Å². The Morgan fingerprint density at radius 1 is 1.38 bits per heavy atom. The molecule has 0 spiro atoms. The molecule has 2 aromatic rings. The van der Waals surface area contributed by atoms with Crippen LogP contribution in [0.3, 0.4) is 0 Å². The molecule has 0 aliphatic carbocycles. The molecule has 0 fully saturated rings. The van der Waals surface area contributed by atoms with Crippen LogP contribution >= 0.6 is 11.3 Å². The van der Waals surface area contributed by atoms with Crippen LogP contribution in [0.1, 0.15) is 5.56 Å². The lowest BCUT2D eigenvalue weighted by Gasteiger charge is -1.98. The van der Waals surface area contributed by atoms with E-state index in [4.69, 9.17) is 5.26 Å². The van der Waals surface area contributed by atoms with Crippen molar-refractivity contribution in [3.63, 3.8) is 0 Å². The van der Waals surface area contributed by atoms with Gasteiger partial charge in [0.15, 0.2) is 0 Å². The van der Waals surface area contributed by atoms with Crippen molar-refractivity contribution in [3.8, 4) is 17.2 Å². The van der Waals surface area contributed by atoms with Crippen molar-refractivity contribution in [1.29, 1.82) is 5.26 Å². The quantitative estimate of drug-likeness (QED) is 0.686. The summed E-state index contributed by atoms with van der Waals surface area (Å²) in [5.41, 5.74) is 2.67. The molecular weight excluding hydrogens is 180 g/mol. The lowest BCUT2D eigenvalue weighted by Crippen LogP contribution is -1.82. The van der Waals surface area contributed by atoms with E-state index in [0.29, 0.717) is 5.56 Å². The summed E-state index contributed by atoms with van der Waals surface area (Å²) in [4.78, 5) is 3.91. The largest absolute Gasteiger partial charge is 0.263 e. The lowest BCUT2D eigenvalue weighted by atomic mass is 10.1. The van der Waals surface area contributed by atoms with Gasteiger partial charge in [0, 0.05) is 18.0 Å². The predicted octanol–water partition coefficient (Wildman–Crippen LogP) is 2.68. The second-order valence-electron chi connectivity index (χ2n) is 2.55. The van der Waals surface area contributed by atoms with Crippen molar-refractivity contribution in [2.75, 3.05) is 0 Å². The molecule has 13 heavy (non-hydrogen) atoms. The molecule has 0 saturated heterocycles. The number of thiophene rings is 1. The number of pyridine rings is 1. The molecule has 0 unspecified atom stereocenters. The molecule has 0 radical (unpaired) electrons. The van der Waals surface area contributed by atoms with Gasteiger partial charge in [0.05, 0.1) is 5.56 Å². The van der Waals surface area contributed by atoms with Crippen LogP contribution < -0.4 is 0 Å². The van der Waals surface area contributed by atoms with Crippen LogP contribution in [0.2, 0.25) is 0 Å². The SMILES string of the molecule is N#Cc1cnccc1-c1ccsc1. The van der Waals surface area contributed by atoms with Gasteiger partial charge in [0.25, 0.3) is 0 Å². The molecule has 0 bridgehead atoms. The molecule has 2 nitrogen and oxygen atoms in total. The Balaban J connectivity index is 2.59. The van der Waals surface area contributed by atoms with E-state index in [1.165, 1.54) is 0 Å². The monoisotopic (exact) mass is 186 g/mol. The van der Waals surface area contributed by atoms with Crippen LogP contribution in [0, 0.1) is 11.3 Å². The van der Waals surface area contributed by atoms with Crippen molar-refractivity contribution in [3.05, 3.63) is 40.8 Å². The smallest absolute Gasteiger partial charge is 0.101 e. The molecule has 2 aromatic heterocycles. The average Bonchev–Trinajstić information content (AvgIpc) is 2.70.